The van der Waals surface area contributed by atoms with Crippen LogP contribution in [0.15, 0.2) is 30.3 Å². The Kier molecular flexibility index (Phi) is 5.46. The minimum Gasteiger partial charge on any atom is -0.337 e. The normalized spacial score (nSPS) is 27.1. The molecule has 2 heterocycles. The molecule has 2 saturated heterocycles. The predicted molar refractivity (Wildman–Crippen MR) is 94.2 cm³/mol. The quantitative estimate of drug-likeness (QED) is 0.730. The second-order valence-corrected chi connectivity index (χ2v) is 7.85. The van der Waals surface area contributed by atoms with E-state index in [1.54, 1.807) is 0 Å². The van der Waals surface area contributed by atoms with E-state index in [0.717, 1.165) is 30.9 Å². The van der Waals surface area contributed by atoms with Crippen molar-refractivity contribution in [2.75, 3.05) is 6.26 Å². The lowest BCUT2D eigenvalue weighted by molar-refractivity contribution is -0.135. The molecule has 2 fully saturated rings. The first-order chi connectivity index (χ1) is 10.8. The number of hydrogen-bond donors (Lipinski definition) is 0. The van der Waals surface area contributed by atoms with E-state index in [1.165, 1.54) is 31.2 Å². The van der Waals surface area contributed by atoms with Crippen LogP contribution in [0, 0.1) is 0 Å². The number of nitrogens with zero attached hydrogens (tertiary/aromatic N) is 1. The molecule has 3 rings (SSSR count). The Labute approximate surface area is 138 Å². The third kappa shape index (κ3) is 3.68. The largest absolute Gasteiger partial charge is 0.337 e. The van der Waals surface area contributed by atoms with Crippen molar-refractivity contribution in [2.45, 2.75) is 68.7 Å². The Hall–Kier alpha value is -0.960. The molecule has 2 nitrogen and oxygen atoms in total. The molecule has 0 radical (unpaired) electrons. The van der Waals surface area contributed by atoms with Crippen LogP contribution >= 0.6 is 11.8 Å². The number of hydrogen-bond acceptors (Lipinski definition) is 2. The lowest BCUT2D eigenvalue weighted by Crippen LogP contribution is -2.47. The van der Waals surface area contributed by atoms with Gasteiger partial charge in [-0.3, -0.25) is 4.79 Å². The molecule has 2 aliphatic heterocycles. The van der Waals surface area contributed by atoms with Crippen molar-refractivity contribution >= 4 is 17.7 Å². The van der Waals surface area contributed by atoms with Crippen LogP contribution in [0.25, 0.3) is 0 Å². The van der Waals surface area contributed by atoms with Gasteiger partial charge in [-0.05, 0) is 56.8 Å². The summed E-state index contributed by atoms with van der Waals surface area (Å²) in [6, 6.07) is 11.7. The molecule has 0 N–H and O–H groups in total. The van der Waals surface area contributed by atoms with Gasteiger partial charge in [0.2, 0.25) is 5.91 Å². The van der Waals surface area contributed by atoms with E-state index < -0.39 is 0 Å². The van der Waals surface area contributed by atoms with Crippen molar-refractivity contribution in [3.8, 4) is 0 Å². The van der Waals surface area contributed by atoms with Crippen LogP contribution in [0.3, 0.4) is 0 Å². The van der Waals surface area contributed by atoms with E-state index in [-0.39, 0.29) is 0 Å². The lowest BCUT2D eigenvalue weighted by atomic mass is 10.0. The smallest absolute Gasteiger partial charge is 0.223 e. The fourth-order valence-electron chi connectivity index (χ4n) is 4.11. The fourth-order valence-corrected chi connectivity index (χ4v) is 4.94. The van der Waals surface area contributed by atoms with E-state index in [1.807, 2.05) is 11.8 Å². The minimum atomic E-state index is 0.417. The maximum absolute atomic E-state index is 12.6. The summed E-state index contributed by atoms with van der Waals surface area (Å²) in [6.45, 7) is 0. The molecule has 2 unspecified atom stereocenters. The average Bonchev–Trinajstić information content (AvgIpc) is 2.82. The SMILES string of the molecule is CSC1CC2CCC(C1)N2C(=O)CCCCc1ccccc1. The zero-order valence-electron chi connectivity index (χ0n) is 13.5. The molecular weight excluding hydrogens is 290 g/mol. The molecule has 0 spiro atoms. The number of piperidine rings is 1. The Morgan fingerprint density at radius 2 is 1.82 bits per heavy atom. The highest BCUT2D eigenvalue weighted by Crippen LogP contribution is 2.39. The Bertz CT molecular complexity index is 475. The zero-order chi connectivity index (χ0) is 15.4. The number of amides is 1. The van der Waals surface area contributed by atoms with Crippen molar-refractivity contribution < 1.29 is 4.79 Å². The Morgan fingerprint density at radius 3 is 2.45 bits per heavy atom. The third-order valence-electron chi connectivity index (χ3n) is 5.26. The number of rotatable bonds is 6. The molecule has 3 heteroatoms. The van der Waals surface area contributed by atoms with Crippen molar-refractivity contribution in [3.63, 3.8) is 0 Å². The number of thioether (sulfide) groups is 1. The molecule has 120 valence electrons. The van der Waals surface area contributed by atoms with Gasteiger partial charge in [-0.2, -0.15) is 11.8 Å². The highest BCUT2D eigenvalue weighted by molar-refractivity contribution is 7.99. The number of unbranched alkanes of at least 4 members (excludes halogenated alkanes) is 1. The number of aryl methyl sites for hydroxylation is 1. The van der Waals surface area contributed by atoms with Gasteiger partial charge in [-0.15, -0.1) is 0 Å². The highest BCUT2D eigenvalue weighted by atomic mass is 32.2. The molecule has 1 aromatic carbocycles. The number of fused-ring (bicyclic) bond motifs is 2. The maximum Gasteiger partial charge on any atom is 0.223 e. The van der Waals surface area contributed by atoms with Gasteiger partial charge in [-0.1, -0.05) is 30.3 Å². The molecule has 0 aliphatic carbocycles. The van der Waals surface area contributed by atoms with E-state index >= 15 is 0 Å². The molecule has 0 saturated carbocycles. The summed E-state index contributed by atoms with van der Waals surface area (Å²) in [5.74, 6) is 0.417. The van der Waals surface area contributed by atoms with Crippen LogP contribution in [0.5, 0.6) is 0 Å². The van der Waals surface area contributed by atoms with Crippen LogP contribution in [0.1, 0.15) is 50.5 Å². The second kappa shape index (κ2) is 7.54. The molecular formula is C19H27NOS. The molecule has 2 atom stereocenters. The summed E-state index contributed by atoms with van der Waals surface area (Å²) in [5, 5.41) is 0.777. The monoisotopic (exact) mass is 317 g/mol. The molecule has 2 bridgehead atoms. The van der Waals surface area contributed by atoms with Crippen LogP contribution in [0.4, 0.5) is 0 Å². The van der Waals surface area contributed by atoms with E-state index in [0.29, 0.717) is 18.0 Å². The van der Waals surface area contributed by atoms with Crippen molar-refractivity contribution in [2.24, 2.45) is 0 Å². The van der Waals surface area contributed by atoms with Crippen molar-refractivity contribution in [3.05, 3.63) is 35.9 Å². The maximum atomic E-state index is 12.6. The summed E-state index contributed by atoms with van der Waals surface area (Å²) in [4.78, 5) is 14.8. The standard InChI is InChI=1S/C19H27NOS/c1-22-18-13-16-11-12-17(14-18)20(16)19(21)10-6-5-9-15-7-3-2-4-8-15/h2-4,7-8,16-18H,5-6,9-14H2,1H3. The van der Waals surface area contributed by atoms with Gasteiger partial charge < -0.3 is 4.90 Å². The third-order valence-corrected chi connectivity index (χ3v) is 6.31. The second-order valence-electron chi connectivity index (χ2n) is 6.71. The van der Waals surface area contributed by atoms with E-state index in [9.17, 15) is 4.79 Å². The zero-order valence-corrected chi connectivity index (χ0v) is 14.4. The molecule has 22 heavy (non-hydrogen) atoms. The van der Waals surface area contributed by atoms with Gasteiger partial charge in [0.05, 0.1) is 0 Å². The summed E-state index contributed by atoms with van der Waals surface area (Å²) < 4.78 is 0. The van der Waals surface area contributed by atoms with Gasteiger partial charge in [-0.25, -0.2) is 0 Å². The summed E-state index contributed by atoms with van der Waals surface area (Å²) in [5.41, 5.74) is 1.39. The predicted octanol–water partition coefficient (Wildman–Crippen LogP) is 4.28. The Balaban J connectivity index is 1.43. The first-order valence-electron chi connectivity index (χ1n) is 8.66. The summed E-state index contributed by atoms with van der Waals surface area (Å²) >= 11 is 1.99. The first-order valence-corrected chi connectivity index (χ1v) is 9.94. The van der Waals surface area contributed by atoms with Crippen LogP contribution in [0.2, 0.25) is 0 Å². The van der Waals surface area contributed by atoms with Crippen LogP contribution < -0.4 is 0 Å². The minimum absolute atomic E-state index is 0.417. The van der Waals surface area contributed by atoms with E-state index in [4.69, 9.17) is 0 Å². The van der Waals surface area contributed by atoms with Gasteiger partial charge in [0.25, 0.3) is 0 Å². The van der Waals surface area contributed by atoms with Crippen molar-refractivity contribution in [1.29, 1.82) is 0 Å². The highest BCUT2D eigenvalue weighted by Gasteiger charge is 2.42. The van der Waals surface area contributed by atoms with Gasteiger partial charge in [0.15, 0.2) is 0 Å². The average molecular weight is 317 g/mol. The number of carbonyl (C=O) groups is 1. The van der Waals surface area contributed by atoms with Crippen LogP contribution in [-0.2, 0) is 11.2 Å². The summed E-state index contributed by atoms with van der Waals surface area (Å²) in [6.07, 6.45) is 11.1. The number of carbonyl (C=O) groups excluding carboxylic acids is 1. The summed E-state index contributed by atoms with van der Waals surface area (Å²) in [7, 11) is 0. The van der Waals surface area contributed by atoms with Gasteiger partial charge in [0, 0.05) is 23.8 Å². The topological polar surface area (TPSA) is 20.3 Å². The molecule has 1 amide bonds. The van der Waals surface area contributed by atoms with Crippen LogP contribution in [-0.4, -0.2) is 34.4 Å². The lowest BCUT2D eigenvalue weighted by Gasteiger charge is -2.38. The fraction of sp³-hybridized carbons (Fsp3) is 0.632. The van der Waals surface area contributed by atoms with E-state index in [2.05, 4.69) is 41.5 Å². The number of benzene rings is 1. The van der Waals surface area contributed by atoms with Crippen molar-refractivity contribution in [1.82, 2.24) is 4.90 Å². The first kappa shape index (κ1) is 15.9. The molecule has 1 aromatic rings. The van der Waals surface area contributed by atoms with Gasteiger partial charge >= 0.3 is 0 Å². The Morgan fingerprint density at radius 1 is 1.14 bits per heavy atom. The van der Waals surface area contributed by atoms with Gasteiger partial charge in [0.1, 0.15) is 0 Å². The molecule has 2 aliphatic rings. The molecule has 0 aromatic heterocycles.